The molecule has 1 aromatic carbocycles. The van der Waals surface area contributed by atoms with Gasteiger partial charge in [0.15, 0.2) is 0 Å². The third-order valence-electron chi connectivity index (χ3n) is 4.04. The molecule has 0 spiro atoms. The molecule has 4 N–H and O–H groups in total. The summed E-state index contributed by atoms with van der Waals surface area (Å²) in [5.41, 5.74) is 13.7. The highest BCUT2D eigenvalue weighted by Crippen LogP contribution is 2.28. The van der Waals surface area contributed by atoms with Crippen molar-refractivity contribution in [2.75, 3.05) is 23.7 Å². The van der Waals surface area contributed by atoms with E-state index < -0.39 is 0 Å². The van der Waals surface area contributed by atoms with Gasteiger partial charge in [0.1, 0.15) is 5.15 Å². The van der Waals surface area contributed by atoms with E-state index in [0.29, 0.717) is 17.4 Å². The Hall–Kier alpha value is -2.34. The minimum absolute atomic E-state index is 0.100. The number of benzene rings is 1. The van der Waals surface area contributed by atoms with Gasteiger partial charge in [0.2, 0.25) is 11.9 Å². The first kappa shape index (κ1) is 15.6. The molecule has 0 saturated carbocycles. The van der Waals surface area contributed by atoms with Crippen LogP contribution >= 0.6 is 11.6 Å². The summed E-state index contributed by atoms with van der Waals surface area (Å²) in [6.45, 7) is 1.55. The fraction of sp³-hybridized carbons (Fsp3) is 0.312. The van der Waals surface area contributed by atoms with Gasteiger partial charge < -0.3 is 16.4 Å². The van der Waals surface area contributed by atoms with Crippen LogP contribution in [0, 0.1) is 5.92 Å². The number of anilines is 2. The first-order chi connectivity index (χ1) is 11.0. The third-order valence-corrected chi connectivity index (χ3v) is 4.24. The van der Waals surface area contributed by atoms with Crippen LogP contribution in [0.1, 0.15) is 12.8 Å². The monoisotopic (exact) mass is 331 g/mol. The quantitative estimate of drug-likeness (QED) is 0.839. The zero-order chi connectivity index (χ0) is 16.4. The zero-order valence-electron chi connectivity index (χ0n) is 12.6. The summed E-state index contributed by atoms with van der Waals surface area (Å²) in [5.74, 6) is -0.192. The highest BCUT2D eigenvalue weighted by Gasteiger charge is 2.24. The maximum atomic E-state index is 11.4. The molecule has 1 aliphatic rings. The van der Waals surface area contributed by atoms with Crippen molar-refractivity contribution >= 4 is 29.1 Å². The molecule has 1 amide bonds. The van der Waals surface area contributed by atoms with E-state index in [1.54, 1.807) is 6.07 Å². The van der Waals surface area contributed by atoms with E-state index in [4.69, 9.17) is 23.1 Å². The van der Waals surface area contributed by atoms with Gasteiger partial charge in [-0.05, 0) is 25.0 Å². The Balaban J connectivity index is 1.89. The predicted octanol–water partition coefficient (Wildman–Crippen LogP) is 2.08. The second-order valence-corrected chi connectivity index (χ2v) is 6.06. The Morgan fingerprint density at radius 3 is 2.87 bits per heavy atom. The maximum absolute atomic E-state index is 11.4. The molecule has 0 bridgehead atoms. The van der Waals surface area contributed by atoms with Gasteiger partial charge in [-0.2, -0.15) is 0 Å². The molecule has 6 nitrogen and oxygen atoms in total. The molecule has 3 rings (SSSR count). The minimum Gasteiger partial charge on any atom is -0.371 e. The van der Waals surface area contributed by atoms with Gasteiger partial charge in [-0.1, -0.05) is 23.7 Å². The van der Waals surface area contributed by atoms with Crippen molar-refractivity contribution in [2.24, 2.45) is 11.7 Å². The van der Waals surface area contributed by atoms with Crippen molar-refractivity contribution < 1.29 is 4.79 Å². The van der Waals surface area contributed by atoms with E-state index >= 15 is 0 Å². The number of nitrogens with zero attached hydrogens (tertiary/aromatic N) is 3. The van der Waals surface area contributed by atoms with E-state index in [1.165, 1.54) is 0 Å². The molecule has 2 aromatic rings. The average molecular weight is 332 g/mol. The van der Waals surface area contributed by atoms with Crippen LogP contribution in [-0.2, 0) is 4.79 Å². The summed E-state index contributed by atoms with van der Waals surface area (Å²) >= 11 is 5.95. The highest BCUT2D eigenvalue weighted by atomic mass is 35.5. The Labute approximate surface area is 139 Å². The van der Waals surface area contributed by atoms with Crippen molar-refractivity contribution in [1.82, 2.24) is 9.97 Å². The van der Waals surface area contributed by atoms with Crippen LogP contribution in [0.2, 0.25) is 5.15 Å². The number of halogens is 1. The lowest BCUT2D eigenvalue weighted by Crippen LogP contribution is -2.41. The van der Waals surface area contributed by atoms with Crippen LogP contribution in [0.3, 0.4) is 0 Å². The van der Waals surface area contributed by atoms with E-state index in [-0.39, 0.29) is 17.8 Å². The van der Waals surface area contributed by atoms with E-state index in [1.807, 2.05) is 24.3 Å². The largest absolute Gasteiger partial charge is 0.371 e. The first-order valence-electron chi connectivity index (χ1n) is 7.47. The number of carbonyl (C=O) groups excluding carboxylic acids is 1. The molecule has 1 atom stereocenters. The van der Waals surface area contributed by atoms with Crippen LogP contribution in [-0.4, -0.2) is 29.0 Å². The second kappa shape index (κ2) is 6.42. The molecule has 0 aliphatic carbocycles. The number of aromatic nitrogens is 2. The maximum Gasteiger partial charge on any atom is 0.222 e. The SMILES string of the molecule is NC(=O)C1CCCN(c2cccc(-c3cc(Cl)nc(N)n3)c2)C1. The molecular formula is C16H18ClN5O. The summed E-state index contributed by atoms with van der Waals surface area (Å²) in [7, 11) is 0. The van der Waals surface area contributed by atoms with Gasteiger partial charge in [0.25, 0.3) is 0 Å². The van der Waals surface area contributed by atoms with Gasteiger partial charge in [-0.25, -0.2) is 9.97 Å². The standard InChI is InChI=1S/C16H18ClN5O/c17-14-8-13(20-16(19)21-14)10-3-1-5-12(7-10)22-6-2-4-11(9-22)15(18)23/h1,3,5,7-8,11H,2,4,6,9H2,(H2,18,23)(H2,19,20,21). The molecule has 2 heterocycles. The second-order valence-electron chi connectivity index (χ2n) is 5.67. The lowest BCUT2D eigenvalue weighted by atomic mass is 9.96. The van der Waals surface area contributed by atoms with Crippen molar-refractivity contribution in [3.63, 3.8) is 0 Å². The molecule has 1 unspecified atom stereocenters. The minimum atomic E-state index is -0.235. The zero-order valence-corrected chi connectivity index (χ0v) is 13.3. The van der Waals surface area contributed by atoms with Crippen molar-refractivity contribution in [1.29, 1.82) is 0 Å². The predicted molar refractivity (Wildman–Crippen MR) is 91.0 cm³/mol. The van der Waals surface area contributed by atoms with Crippen LogP contribution in [0.4, 0.5) is 11.6 Å². The van der Waals surface area contributed by atoms with Crippen LogP contribution in [0.5, 0.6) is 0 Å². The molecule has 1 fully saturated rings. The summed E-state index contributed by atoms with van der Waals surface area (Å²) in [5, 5.41) is 0.310. The summed E-state index contributed by atoms with van der Waals surface area (Å²) < 4.78 is 0. The number of hydrogen-bond acceptors (Lipinski definition) is 5. The topological polar surface area (TPSA) is 98.1 Å². The fourth-order valence-corrected chi connectivity index (χ4v) is 3.08. The van der Waals surface area contributed by atoms with E-state index in [0.717, 1.165) is 30.6 Å². The lowest BCUT2D eigenvalue weighted by molar-refractivity contribution is -0.122. The van der Waals surface area contributed by atoms with Gasteiger partial charge in [-0.3, -0.25) is 4.79 Å². The normalized spacial score (nSPS) is 18.0. The Bertz CT molecular complexity index is 716. The number of piperidine rings is 1. The summed E-state index contributed by atoms with van der Waals surface area (Å²) in [4.78, 5) is 21.7. The first-order valence-corrected chi connectivity index (χ1v) is 7.85. The van der Waals surface area contributed by atoms with Crippen LogP contribution in [0.15, 0.2) is 30.3 Å². The van der Waals surface area contributed by atoms with Gasteiger partial charge in [-0.15, -0.1) is 0 Å². The number of hydrogen-bond donors (Lipinski definition) is 2. The van der Waals surface area contributed by atoms with Crippen LogP contribution in [0.25, 0.3) is 11.3 Å². The van der Waals surface area contributed by atoms with E-state index in [2.05, 4.69) is 14.9 Å². The fourth-order valence-electron chi connectivity index (χ4n) is 2.89. The number of carbonyl (C=O) groups is 1. The lowest BCUT2D eigenvalue weighted by Gasteiger charge is -2.33. The molecular weight excluding hydrogens is 314 g/mol. The highest BCUT2D eigenvalue weighted by molar-refractivity contribution is 6.29. The number of primary amides is 1. The van der Waals surface area contributed by atoms with Crippen LogP contribution < -0.4 is 16.4 Å². The Morgan fingerprint density at radius 1 is 1.30 bits per heavy atom. The number of nitrogens with two attached hydrogens (primary N) is 2. The van der Waals surface area contributed by atoms with Crippen molar-refractivity contribution in [3.05, 3.63) is 35.5 Å². The Morgan fingerprint density at radius 2 is 2.13 bits per heavy atom. The van der Waals surface area contributed by atoms with Gasteiger partial charge in [0.05, 0.1) is 11.6 Å². The molecule has 23 heavy (non-hydrogen) atoms. The molecule has 1 aliphatic heterocycles. The molecule has 7 heteroatoms. The van der Waals surface area contributed by atoms with E-state index in [9.17, 15) is 4.79 Å². The van der Waals surface area contributed by atoms with Gasteiger partial charge >= 0.3 is 0 Å². The van der Waals surface area contributed by atoms with Crippen molar-refractivity contribution in [2.45, 2.75) is 12.8 Å². The van der Waals surface area contributed by atoms with Crippen molar-refractivity contribution in [3.8, 4) is 11.3 Å². The molecule has 1 aromatic heterocycles. The molecule has 120 valence electrons. The summed E-state index contributed by atoms with van der Waals surface area (Å²) in [6.07, 6.45) is 1.80. The smallest absolute Gasteiger partial charge is 0.222 e. The number of nitrogen functional groups attached to an aromatic ring is 1. The van der Waals surface area contributed by atoms with Gasteiger partial charge in [0, 0.05) is 30.4 Å². The summed E-state index contributed by atoms with van der Waals surface area (Å²) in [6, 6.07) is 9.60. The molecule has 0 radical (unpaired) electrons. The molecule has 1 saturated heterocycles. The average Bonchev–Trinajstić information content (AvgIpc) is 2.54. The number of amides is 1. The Kier molecular flexibility index (Phi) is 4.34. The number of rotatable bonds is 3. The third kappa shape index (κ3) is 3.53.